The molecule has 0 bridgehead atoms. The molecular weight excluding hydrogens is 634 g/mol. The van der Waals surface area contributed by atoms with E-state index in [9.17, 15) is 32.3 Å². The van der Waals surface area contributed by atoms with Crippen molar-refractivity contribution in [3.8, 4) is 0 Å². The molecule has 2 heterocycles. The lowest BCUT2D eigenvalue weighted by Gasteiger charge is -2.37. The molecule has 3 fully saturated rings. The van der Waals surface area contributed by atoms with Gasteiger partial charge < -0.3 is 25.8 Å². The fraction of sp³-hybridized carbons (Fsp3) is 0.606. The number of alkyl halides is 3. The van der Waals surface area contributed by atoms with Gasteiger partial charge in [-0.25, -0.2) is 4.39 Å². The Morgan fingerprint density at radius 2 is 1.58 bits per heavy atom. The number of carbonyl (C=O) groups is 4. The number of hydrogen-bond acceptors (Lipinski definition) is 6. The first-order valence-electron chi connectivity index (χ1n) is 16.6. The molecule has 48 heavy (non-hydrogen) atoms. The van der Waals surface area contributed by atoms with E-state index in [4.69, 9.17) is 0 Å². The minimum absolute atomic E-state index is 0.155. The molecule has 4 amide bonds. The molecule has 2 aromatic rings. The lowest BCUT2D eigenvalue weighted by atomic mass is 9.88. The van der Waals surface area contributed by atoms with Crippen molar-refractivity contribution < 1.29 is 36.7 Å². The molecule has 11 nitrogen and oxygen atoms in total. The number of carbonyl (C=O) groups excluding carboxylic acids is 4. The summed E-state index contributed by atoms with van der Waals surface area (Å²) in [7, 11) is 1.83. The maximum absolute atomic E-state index is 15.7. The highest BCUT2D eigenvalue weighted by Gasteiger charge is 2.51. The predicted octanol–water partition coefficient (Wildman–Crippen LogP) is 3.53. The standard InChI is InChI=1S/C33H43F4N7O4/c1-4-25(45)40-29(32(48)43-16-14-42(3)15-17-43)27(33(35,36)37)21-10-11-23(22(34)18-21)39-31(47)28(26(19-6-7-19)20-8-9-20)41-30(46)24-12-13-38-44(24)5-2/h10-13,18-20,26-29H,4-9,14-17H2,1-3H3,(H,39,47)(H,40,45)(H,41,46)/t27-,28-,29+/m0/s1. The number of amides is 4. The van der Waals surface area contributed by atoms with Crippen LogP contribution in [0.1, 0.15) is 67.9 Å². The van der Waals surface area contributed by atoms with E-state index in [1.165, 1.54) is 28.8 Å². The molecule has 5 rings (SSSR count). The normalized spacial score (nSPS) is 19.0. The van der Waals surface area contributed by atoms with Crippen molar-refractivity contribution in [2.45, 2.75) is 76.7 Å². The number of rotatable bonds is 13. The maximum atomic E-state index is 15.7. The lowest BCUT2D eigenvalue weighted by molar-refractivity contribution is -0.168. The van der Waals surface area contributed by atoms with Crippen molar-refractivity contribution in [3.63, 3.8) is 0 Å². The van der Waals surface area contributed by atoms with Crippen LogP contribution in [-0.4, -0.2) is 94.7 Å². The highest BCUT2D eigenvalue weighted by atomic mass is 19.4. The van der Waals surface area contributed by atoms with Crippen molar-refractivity contribution in [2.24, 2.45) is 17.8 Å². The molecule has 3 atom stereocenters. The number of nitrogens with one attached hydrogen (secondary N) is 3. The molecule has 2 aliphatic carbocycles. The van der Waals surface area contributed by atoms with Gasteiger partial charge in [0, 0.05) is 45.3 Å². The molecular formula is C33H43F4N7O4. The van der Waals surface area contributed by atoms with Crippen LogP contribution in [0.5, 0.6) is 0 Å². The monoisotopic (exact) mass is 677 g/mol. The van der Waals surface area contributed by atoms with Crippen LogP contribution in [-0.2, 0) is 20.9 Å². The third-order valence-corrected chi connectivity index (χ3v) is 9.55. The van der Waals surface area contributed by atoms with Crippen LogP contribution in [0.15, 0.2) is 30.5 Å². The summed E-state index contributed by atoms with van der Waals surface area (Å²) in [6.07, 6.45) is -0.105. The van der Waals surface area contributed by atoms with Crippen LogP contribution in [0.3, 0.4) is 0 Å². The smallest absolute Gasteiger partial charge is 0.343 e. The third-order valence-electron chi connectivity index (χ3n) is 9.55. The van der Waals surface area contributed by atoms with Crippen LogP contribution < -0.4 is 16.0 Å². The summed E-state index contributed by atoms with van der Waals surface area (Å²) in [5.41, 5.74) is -0.675. The highest BCUT2D eigenvalue weighted by molar-refractivity contribution is 6.01. The Hall–Kier alpha value is -4.01. The zero-order valence-electron chi connectivity index (χ0n) is 27.4. The topological polar surface area (TPSA) is 129 Å². The number of aryl methyl sites for hydroxylation is 1. The second-order valence-corrected chi connectivity index (χ2v) is 13.0. The van der Waals surface area contributed by atoms with E-state index in [1.807, 2.05) is 18.9 Å². The summed E-state index contributed by atoms with van der Waals surface area (Å²) >= 11 is 0. The molecule has 1 aliphatic heterocycles. The number of piperazine rings is 1. The molecule has 262 valence electrons. The Labute approximate surface area is 276 Å². The van der Waals surface area contributed by atoms with Gasteiger partial charge in [-0.05, 0) is 81.2 Å². The molecule has 0 spiro atoms. The second kappa shape index (κ2) is 14.6. The Morgan fingerprint density at radius 3 is 2.12 bits per heavy atom. The summed E-state index contributed by atoms with van der Waals surface area (Å²) in [5, 5.41) is 11.7. The minimum Gasteiger partial charge on any atom is -0.343 e. The number of nitrogens with zero attached hydrogens (tertiary/aromatic N) is 4. The summed E-state index contributed by atoms with van der Waals surface area (Å²) < 4.78 is 61.3. The minimum atomic E-state index is -5.03. The van der Waals surface area contributed by atoms with E-state index in [-0.39, 0.29) is 48.6 Å². The van der Waals surface area contributed by atoms with Gasteiger partial charge in [0.15, 0.2) is 0 Å². The molecule has 3 aliphatic rings. The summed E-state index contributed by atoms with van der Waals surface area (Å²) in [5.74, 6) is -6.27. The molecule has 2 saturated carbocycles. The van der Waals surface area contributed by atoms with Gasteiger partial charge in [0.1, 0.15) is 29.5 Å². The van der Waals surface area contributed by atoms with Crippen molar-refractivity contribution in [3.05, 3.63) is 47.5 Å². The Balaban J connectivity index is 1.41. The zero-order chi connectivity index (χ0) is 34.7. The summed E-state index contributed by atoms with van der Waals surface area (Å²) in [6, 6.07) is 1.18. The van der Waals surface area contributed by atoms with Gasteiger partial charge in [0.05, 0.1) is 5.69 Å². The SMILES string of the molecule is CCC(=O)N[C@@H](C(=O)N1CCN(C)CC1)[C@H](c1ccc(NC(=O)[C@@H](NC(=O)c2ccnn2CC)C(C2CC2)C2CC2)c(F)c1)C(F)(F)F. The van der Waals surface area contributed by atoms with Gasteiger partial charge in [0.2, 0.25) is 17.7 Å². The average Bonchev–Trinajstić information content (AvgIpc) is 4.00. The Bertz CT molecular complexity index is 1490. The first-order valence-corrected chi connectivity index (χ1v) is 16.6. The van der Waals surface area contributed by atoms with Crippen molar-refractivity contribution in [2.75, 3.05) is 38.5 Å². The summed E-state index contributed by atoms with van der Waals surface area (Å²) in [4.78, 5) is 56.1. The predicted molar refractivity (Wildman–Crippen MR) is 168 cm³/mol. The van der Waals surface area contributed by atoms with Crippen LogP contribution >= 0.6 is 0 Å². The number of halogens is 4. The molecule has 3 N–H and O–H groups in total. The lowest BCUT2D eigenvalue weighted by Crippen LogP contribution is -2.57. The van der Waals surface area contributed by atoms with E-state index in [0.29, 0.717) is 25.7 Å². The van der Waals surface area contributed by atoms with Crippen molar-refractivity contribution >= 4 is 29.3 Å². The van der Waals surface area contributed by atoms with Crippen LogP contribution in [0.4, 0.5) is 23.2 Å². The van der Waals surface area contributed by atoms with E-state index in [1.54, 1.807) is 0 Å². The van der Waals surface area contributed by atoms with Gasteiger partial charge in [-0.15, -0.1) is 0 Å². The summed E-state index contributed by atoms with van der Waals surface area (Å²) in [6.45, 7) is 4.97. The van der Waals surface area contributed by atoms with Crippen LogP contribution in [0, 0.1) is 23.6 Å². The highest BCUT2D eigenvalue weighted by Crippen LogP contribution is 2.51. The largest absolute Gasteiger partial charge is 0.398 e. The van der Waals surface area contributed by atoms with E-state index >= 15 is 4.39 Å². The number of likely N-dealkylation sites (N-methyl/N-ethyl adjacent to an activating group) is 1. The average molecular weight is 678 g/mol. The van der Waals surface area contributed by atoms with Gasteiger partial charge in [-0.3, -0.25) is 23.9 Å². The van der Waals surface area contributed by atoms with Crippen LogP contribution in [0.2, 0.25) is 0 Å². The molecule has 1 saturated heterocycles. The molecule has 15 heteroatoms. The van der Waals surface area contributed by atoms with Gasteiger partial charge in [-0.2, -0.15) is 18.3 Å². The first-order chi connectivity index (χ1) is 22.8. The zero-order valence-corrected chi connectivity index (χ0v) is 27.4. The number of hydrogen-bond donors (Lipinski definition) is 3. The van der Waals surface area contributed by atoms with Crippen LogP contribution in [0.25, 0.3) is 0 Å². The molecule has 1 aromatic heterocycles. The fourth-order valence-corrected chi connectivity index (χ4v) is 6.61. The number of benzene rings is 1. The molecule has 0 radical (unpaired) electrons. The van der Waals surface area contributed by atoms with E-state index in [2.05, 4.69) is 21.0 Å². The van der Waals surface area contributed by atoms with E-state index < -0.39 is 59.2 Å². The molecule has 1 aromatic carbocycles. The van der Waals surface area contributed by atoms with Gasteiger partial charge in [0.25, 0.3) is 5.91 Å². The Kier molecular flexibility index (Phi) is 10.8. The first kappa shape index (κ1) is 35.3. The quantitative estimate of drug-likeness (QED) is 0.279. The number of aromatic nitrogens is 2. The maximum Gasteiger partial charge on any atom is 0.398 e. The van der Waals surface area contributed by atoms with E-state index in [0.717, 1.165) is 37.8 Å². The second-order valence-electron chi connectivity index (χ2n) is 13.0. The van der Waals surface area contributed by atoms with Gasteiger partial charge >= 0.3 is 6.18 Å². The Morgan fingerprint density at radius 1 is 0.938 bits per heavy atom. The van der Waals surface area contributed by atoms with Crippen molar-refractivity contribution in [1.29, 1.82) is 0 Å². The molecule has 0 unspecified atom stereocenters. The third kappa shape index (κ3) is 8.16. The van der Waals surface area contributed by atoms with Gasteiger partial charge in [-0.1, -0.05) is 13.0 Å². The van der Waals surface area contributed by atoms with Crippen molar-refractivity contribution in [1.82, 2.24) is 30.2 Å². The number of anilines is 1. The fourth-order valence-electron chi connectivity index (χ4n) is 6.61.